The van der Waals surface area contributed by atoms with E-state index in [0.717, 1.165) is 0 Å². The molecule has 5 nitrogen and oxygen atoms in total. The number of amides is 1. The van der Waals surface area contributed by atoms with Crippen LogP contribution in [0.1, 0.15) is 44.9 Å². The highest BCUT2D eigenvalue weighted by Crippen LogP contribution is 2.24. The predicted molar refractivity (Wildman–Crippen MR) is 67.7 cm³/mol. The molecule has 21 heavy (non-hydrogen) atoms. The van der Waals surface area contributed by atoms with Crippen molar-refractivity contribution in [3.05, 3.63) is 0 Å². The molecule has 2 atom stereocenters. The Bertz CT molecular complexity index is 360. The lowest BCUT2D eigenvalue weighted by Crippen LogP contribution is -2.41. The molecule has 0 aromatic heterocycles. The second-order valence-corrected chi connectivity index (χ2v) is 5.23. The molecule has 2 N–H and O–H groups in total. The van der Waals surface area contributed by atoms with Crippen LogP contribution in [0.5, 0.6) is 0 Å². The predicted octanol–water partition coefficient (Wildman–Crippen LogP) is 2.25. The molecule has 2 unspecified atom stereocenters. The first-order valence-corrected chi connectivity index (χ1v) is 6.96. The van der Waals surface area contributed by atoms with E-state index >= 15 is 0 Å². The summed E-state index contributed by atoms with van der Waals surface area (Å²) >= 11 is 0. The van der Waals surface area contributed by atoms with Crippen LogP contribution in [0.15, 0.2) is 0 Å². The summed E-state index contributed by atoms with van der Waals surface area (Å²) in [6.07, 6.45) is -2.23. The third-order valence-corrected chi connectivity index (χ3v) is 3.27. The standard InChI is InChI=1S/C13H20F3NO4/c14-13(15,16)8-21-10-4-1-3-9(7-10)17-11(18)5-2-6-12(19)20/h9-10H,1-8H2,(H,17,18)(H,19,20). The summed E-state index contributed by atoms with van der Waals surface area (Å²) in [7, 11) is 0. The molecule has 0 radical (unpaired) electrons. The van der Waals surface area contributed by atoms with Crippen molar-refractivity contribution < 1.29 is 32.6 Å². The van der Waals surface area contributed by atoms with Crippen LogP contribution < -0.4 is 5.32 Å². The van der Waals surface area contributed by atoms with E-state index in [1.807, 2.05) is 0 Å². The molecule has 1 rings (SSSR count). The second kappa shape index (κ2) is 8.21. The van der Waals surface area contributed by atoms with Gasteiger partial charge in [-0.05, 0) is 32.1 Å². The summed E-state index contributed by atoms with van der Waals surface area (Å²) in [5.41, 5.74) is 0. The number of aliphatic carboxylic acids is 1. The van der Waals surface area contributed by atoms with Crippen molar-refractivity contribution in [1.29, 1.82) is 0 Å². The number of carbonyl (C=O) groups excluding carboxylic acids is 1. The van der Waals surface area contributed by atoms with E-state index in [0.29, 0.717) is 25.7 Å². The Morgan fingerprint density at radius 2 is 1.95 bits per heavy atom. The van der Waals surface area contributed by atoms with E-state index in [2.05, 4.69) is 5.32 Å². The molecule has 0 aliphatic heterocycles. The summed E-state index contributed by atoms with van der Waals surface area (Å²) in [4.78, 5) is 21.9. The zero-order valence-electron chi connectivity index (χ0n) is 11.6. The molecular formula is C13H20F3NO4. The van der Waals surface area contributed by atoms with Gasteiger partial charge in [0.2, 0.25) is 5.91 Å². The number of rotatable bonds is 7. The van der Waals surface area contributed by atoms with Gasteiger partial charge in [0.1, 0.15) is 6.61 Å². The van der Waals surface area contributed by atoms with E-state index in [4.69, 9.17) is 9.84 Å². The van der Waals surface area contributed by atoms with Crippen LogP contribution in [-0.4, -0.2) is 41.9 Å². The van der Waals surface area contributed by atoms with Crippen LogP contribution >= 0.6 is 0 Å². The maximum absolute atomic E-state index is 12.1. The first kappa shape index (κ1) is 17.7. The number of halogens is 3. The number of alkyl halides is 3. The van der Waals surface area contributed by atoms with Crippen molar-refractivity contribution >= 4 is 11.9 Å². The topological polar surface area (TPSA) is 75.6 Å². The van der Waals surface area contributed by atoms with Gasteiger partial charge in [-0.15, -0.1) is 0 Å². The third kappa shape index (κ3) is 8.54. The van der Waals surface area contributed by atoms with Crippen LogP contribution in [0.25, 0.3) is 0 Å². The van der Waals surface area contributed by atoms with E-state index < -0.39 is 24.9 Å². The highest BCUT2D eigenvalue weighted by atomic mass is 19.4. The largest absolute Gasteiger partial charge is 0.481 e. The molecule has 1 aliphatic rings. The molecule has 0 aromatic rings. The summed E-state index contributed by atoms with van der Waals surface area (Å²) in [5.74, 6) is -1.22. The smallest absolute Gasteiger partial charge is 0.411 e. The Morgan fingerprint density at radius 1 is 1.24 bits per heavy atom. The molecule has 8 heteroatoms. The summed E-state index contributed by atoms with van der Waals surface area (Å²) < 4.78 is 41.1. The van der Waals surface area contributed by atoms with Crippen LogP contribution in [0, 0.1) is 0 Å². The quantitative estimate of drug-likeness (QED) is 0.756. The van der Waals surface area contributed by atoms with Crippen molar-refractivity contribution in [3.8, 4) is 0 Å². The van der Waals surface area contributed by atoms with Gasteiger partial charge in [0, 0.05) is 18.9 Å². The Hall–Kier alpha value is -1.31. The zero-order chi connectivity index (χ0) is 15.9. The molecular weight excluding hydrogens is 291 g/mol. The van der Waals surface area contributed by atoms with Gasteiger partial charge in [0.25, 0.3) is 0 Å². The van der Waals surface area contributed by atoms with Crippen molar-refractivity contribution in [2.24, 2.45) is 0 Å². The molecule has 1 amide bonds. The molecule has 0 heterocycles. The summed E-state index contributed by atoms with van der Waals surface area (Å²) in [6.45, 7) is -1.27. The molecule has 0 aromatic carbocycles. The minimum Gasteiger partial charge on any atom is -0.481 e. The van der Waals surface area contributed by atoms with Gasteiger partial charge >= 0.3 is 12.1 Å². The average molecular weight is 311 g/mol. The monoisotopic (exact) mass is 311 g/mol. The zero-order valence-corrected chi connectivity index (χ0v) is 11.6. The minimum absolute atomic E-state index is 0.0740. The van der Waals surface area contributed by atoms with E-state index in [1.54, 1.807) is 0 Å². The lowest BCUT2D eigenvalue weighted by atomic mass is 9.92. The highest BCUT2D eigenvalue weighted by molar-refractivity contribution is 5.77. The highest BCUT2D eigenvalue weighted by Gasteiger charge is 2.31. The van der Waals surface area contributed by atoms with Gasteiger partial charge in [-0.25, -0.2) is 0 Å². The Labute approximate surface area is 120 Å². The van der Waals surface area contributed by atoms with Gasteiger partial charge in [0.15, 0.2) is 0 Å². The van der Waals surface area contributed by atoms with Gasteiger partial charge in [-0.2, -0.15) is 13.2 Å². The SMILES string of the molecule is O=C(O)CCCC(=O)NC1CCCC(OCC(F)(F)F)C1. The first-order valence-electron chi connectivity index (χ1n) is 6.96. The Balaban J connectivity index is 2.25. The van der Waals surface area contributed by atoms with Gasteiger partial charge in [0.05, 0.1) is 6.10 Å². The number of carboxylic acid groups (broad SMARTS) is 1. The maximum atomic E-state index is 12.1. The Morgan fingerprint density at radius 3 is 2.57 bits per heavy atom. The number of hydrogen-bond donors (Lipinski definition) is 2. The number of carbonyl (C=O) groups is 2. The van der Waals surface area contributed by atoms with Crippen molar-refractivity contribution in [1.82, 2.24) is 5.32 Å². The van der Waals surface area contributed by atoms with Crippen LogP contribution in [-0.2, 0) is 14.3 Å². The normalized spacial score (nSPS) is 22.8. The molecule has 1 saturated carbocycles. The molecule has 122 valence electrons. The second-order valence-electron chi connectivity index (χ2n) is 5.23. The maximum Gasteiger partial charge on any atom is 0.411 e. The molecule has 0 bridgehead atoms. The average Bonchev–Trinajstić information content (AvgIpc) is 2.35. The van der Waals surface area contributed by atoms with Crippen molar-refractivity contribution in [2.75, 3.05) is 6.61 Å². The minimum atomic E-state index is -4.34. The van der Waals surface area contributed by atoms with E-state index in [-0.39, 0.29) is 31.2 Å². The summed E-state index contributed by atoms with van der Waals surface area (Å²) in [5, 5.41) is 11.2. The van der Waals surface area contributed by atoms with E-state index in [9.17, 15) is 22.8 Å². The summed E-state index contributed by atoms with van der Waals surface area (Å²) in [6, 6.07) is -0.200. The molecule has 0 spiro atoms. The first-order chi connectivity index (χ1) is 9.76. The fourth-order valence-electron chi connectivity index (χ4n) is 2.34. The van der Waals surface area contributed by atoms with Crippen LogP contribution in [0.2, 0.25) is 0 Å². The number of ether oxygens (including phenoxy) is 1. The van der Waals surface area contributed by atoms with Crippen molar-refractivity contribution in [2.45, 2.75) is 63.3 Å². The molecule has 1 fully saturated rings. The lowest BCUT2D eigenvalue weighted by molar-refractivity contribution is -0.188. The molecule has 0 saturated heterocycles. The lowest BCUT2D eigenvalue weighted by Gasteiger charge is -2.30. The van der Waals surface area contributed by atoms with Crippen LogP contribution in [0.3, 0.4) is 0 Å². The van der Waals surface area contributed by atoms with E-state index in [1.165, 1.54) is 0 Å². The fraction of sp³-hybridized carbons (Fsp3) is 0.846. The fourth-order valence-corrected chi connectivity index (χ4v) is 2.34. The van der Waals surface area contributed by atoms with Gasteiger partial charge < -0.3 is 15.2 Å². The number of carboxylic acids is 1. The Kier molecular flexibility index (Phi) is 6.94. The van der Waals surface area contributed by atoms with Gasteiger partial charge in [-0.1, -0.05) is 0 Å². The van der Waals surface area contributed by atoms with Gasteiger partial charge in [-0.3, -0.25) is 9.59 Å². The van der Waals surface area contributed by atoms with Crippen molar-refractivity contribution in [3.63, 3.8) is 0 Å². The van der Waals surface area contributed by atoms with Crippen LogP contribution in [0.4, 0.5) is 13.2 Å². The third-order valence-electron chi connectivity index (χ3n) is 3.27. The number of hydrogen-bond acceptors (Lipinski definition) is 3. The number of nitrogens with one attached hydrogen (secondary N) is 1. The molecule has 1 aliphatic carbocycles.